The van der Waals surface area contributed by atoms with Gasteiger partial charge >= 0.3 is 6.09 Å². The zero-order chi connectivity index (χ0) is 63.2. The summed E-state index contributed by atoms with van der Waals surface area (Å²) in [4.78, 5) is 106. The molecular weight excluding hydrogens is 1120 g/mol. The minimum absolute atomic E-state index is 0.0563. The molecule has 0 bridgehead atoms. The summed E-state index contributed by atoms with van der Waals surface area (Å²) in [5.41, 5.74) is 1.26. The number of hydrogen-bond acceptors (Lipinski definition) is 19. The first-order chi connectivity index (χ1) is 40.3. The molecule has 4 amide bonds. The van der Waals surface area contributed by atoms with Crippen molar-refractivity contribution in [3.8, 4) is 5.75 Å². The van der Waals surface area contributed by atoms with E-state index in [2.05, 4.69) is 10.2 Å². The Morgan fingerprint density at radius 3 is 2.16 bits per heavy atom. The third-order valence-electron chi connectivity index (χ3n) is 16.6. The molecule has 0 saturated carbocycles. The number of methoxy groups -OCH3 is 2. The molecule has 22 nitrogen and oxygen atoms in total. The summed E-state index contributed by atoms with van der Waals surface area (Å²) in [5.74, 6) is 1.58. The lowest BCUT2D eigenvalue weighted by Gasteiger charge is -2.41. The average molecular weight is 1220 g/mol. The van der Waals surface area contributed by atoms with Crippen molar-refractivity contribution in [1.29, 1.82) is 0 Å². The van der Waals surface area contributed by atoms with Crippen LogP contribution in [0.3, 0.4) is 0 Å². The number of likely N-dealkylation sites (N-methyl/N-ethyl adjacent to an activating group) is 2. The smallest absolute Gasteiger partial charge is 0.410 e. The first-order valence-electron chi connectivity index (χ1n) is 29.8. The van der Waals surface area contributed by atoms with E-state index in [1.54, 1.807) is 37.8 Å². The van der Waals surface area contributed by atoms with Gasteiger partial charge in [-0.3, -0.25) is 33.6 Å². The number of unbranched alkanes of at least 4 members (excludes halogenated alkanes) is 1. The quantitative estimate of drug-likeness (QED) is 0.0343. The predicted octanol–water partition coefficient (Wildman–Crippen LogP) is 5.88. The van der Waals surface area contributed by atoms with E-state index in [0.717, 1.165) is 5.56 Å². The number of thioether (sulfide) groups is 1. The molecule has 2 aliphatic rings. The second-order valence-electron chi connectivity index (χ2n) is 23.6. The van der Waals surface area contributed by atoms with Crippen molar-refractivity contribution in [2.45, 2.75) is 181 Å². The van der Waals surface area contributed by atoms with Crippen LogP contribution in [0.4, 0.5) is 10.5 Å². The Bertz CT molecular complexity index is 2460. The highest BCUT2D eigenvalue weighted by atomic mass is 32.2. The first kappa shape index (κ1) is 72.4. The maximum atomic E-state index is 14.9. The topological polar surface area (TPSA) is 304 Å². The van der Waals surface area contributed by atoms with Crippen molar-refractivity contribution >= 4 is 58.6 Å². The first-order valence-corrected chi connectivity index (χ1v) is 30.9. The lowest BCUT2D eigenvalue weighted by molar-refractivity contribution is -0.242. The largest absolute Gasteiger partial charge is 0.462 e. The number of aliphatic hydroxyl groups excluding tert-OH is 4. The summed E-state index contributed by atoms with van der Waals surface area (Å²) >= 11 is 1.37. The van der Waals surface area contributed by atoms with Gasteiger partial charge in [-0.05, 0) is 78.9 Å². The third kappa shape index (κ3) is 20.8. The summed E-state index contributed by atoms with van der Waals surface area (Å²) in [6.07, 6.45) is -5.70. The molecule has 7 N–H and O–H groups in total. The SMILES string of the molecule is CC[C@H](C)[C@@H]([C@@H](CC(=O)N1CCC[C@H]1[C@H](OC)[C@@H](C)C(=O)C[C@H](C)[C@@H](O)c1ccccc1)OC)N(C)C(=O)[C@@H](CC(=O)[C@H](C(C)C)N(C)C(=O)OCc1cc(NC(=O)CSCCCCC(=O)CON)ccc1OC1OCC(O)C(O)C1O)C(C)C. The zero-order valence-corrected chi connectivity index (χ0v) is 52.7. The molecule has 2 aliphatic heterocycles. The number of anilines is 1. The number of carbonyl (C=O) groups excluding carboxylic acids is 7. The molecule has 2 saturated heterocycles. The molecule has 0 spiro atoms. The fourth-order valence-corrected chi connectivity index (χ4v) is 12.3. The number of hydrogen-bond donors (Lipinski definition) is 6. The van der Waals surface area contributed by atoms with Crippen molar-refractivity contribution in [3.63, 3.8) is 0 Å². The molecule has 2 aromatic rings. The number of nitrogens with one attached hydrogen (secondary N) is 1. The van der Waals surface area contributed by atoms with Crippen LogP contribution in [0.25, 0.3) is 0 Å². The fraction of sp³-hybridized carbons (Fsp3) is 0.694. The van der Waals surface area contributed by atoms with E-state index < -0.39 is 91.5 Å². The van der Waals surface area contributed by atoms with Crippen LogP contribution in [0.1, 0.15) is 130 Å². The van der Waals surface area contributed by atoms with Gasteiger partial charge in [0.15, 0.2) is 11.6 Å². The maximum Gasteiger partial charge on any atom is 0.410 e. The van der Waals surface area contributed by atoms with E-state index in [1.165, 1.54) is 49.0 Å². The van der Waals surface area contributed by atoms with Gasteiger partial charge in [0.25, 0.3) is 0 Å². The van der Waals surface area contributed by atoms with Crippen LogP contribution >= 0.6 is 11.8 Å². The standard InChI is InChI=1S/C62H97N5O17S/c1-13-38(6)55(51(79-11)31-53(73)67-26-19-23-46(67)59(80-12)40(8)47(69)28-39(7)56(74)41-20-15-14-16-21-41)65(9)60(77)45(36(2)3)30-48(70)54(37(4)5)66(10)62(78)82-32-42-29-43(64-52(72)35-85-27-18-17-22-44(68)33-83-63)24-25-50(42)84-61-58(76)57(75)49(71)34-81-61/h14-16,20-21,24-25,29,36-40,45-46,49,51,54-59,61,71,74-76H,13,17-19,22-23,26-28,30-35,63H2,1-12H3,(H,64,72)/t38-,39-,40-,45-,46-,49?,51+,54-,55-,56+,57?,58?,59+,61?/m0/s1. The van der Waals surface area contributed by atoms with Crippen molar-refractivity contribution < 1.29 is 82.5 Å². The van der Waals surface area contributed by atoms with Gasteiger partial charge < -0.3 is 64.1 Å². The van der Waals surface area contributed by atoms with Crippen molar-refractivity contribution in [2.75, 3.05) is 64.9 Å². The number of benzene rings is 2. The molecule has 23 heteroatoms. The second-order valence-corrected chi connectivity index (χ2v) is 24.7. The Labute approximate surface area is 506 Å². The van der Waals surface area contributed by atoms with Crippen molar-refractivity contribution in [2.24, 2.45) is 41.4 Å². The number of Topliss-reactive ketones (excluding diaryl/α,β-unsaturated/α-hetero) is 3. The van der Waals surface area contributed by atoms with Crippen LogP contribution in [0, 0.1) is 35.5 Å². The van der Waals surface area contributed by atoms with E-state index in [0.29, 0.717) is 56.5 Å². The summed E-state index contributed by atoms with van der Waals surface area (Å²) < 4.78 is 29.4. The Morgan fingerprint density at radius 2 is 1.54 bits per heavy atom. The molecule has 4 unspecified atom stereocenters. The lowest BCUT2D eigenvalue weighted by atomic mass is 9.83. The van der Waals surface area contributed by atoms with Crippen LogP contribution in [-0.4, -0.2) is 191 Å². The number of rotatable bonds is 36. The summed E-state index contributed by atoms with van der Waals surface area (Å²) in [6, 6.07) is 11.7. The summed E-state index contributed by atoms with van der Waals surface area (Å²) in [7, 11) is 6.15. The summed E-state index contributed by atoms with van der Waals surface area (Å²) in [6.45, 7) is 14.4. The molecule has 2 heterocycles. The number of carbonyl (C=O) groups is 7. The van der Waals surface area contributed by atoms with Gasteiger partial charge in [-0.25, -0.2) is 10.7 Å². The molecule has 0 radical (unpaired) electrons. The number of aliphatic hydroxyl groups is 4. The Hall–Kier alpha value is -5.08. The third-order valence-corrected chi connectivity index (χ3v) is 17.7. The van der Waals surface area contributed by atoms with E-state index in [4.69, 9.17) is 29.6 Å². The molecule has 0 aliphatic carbocycles. The molecule has 4 rings (SSSR count). The number of likely N-dealkylation sites (tertiary alicyclic amines) is 1. The minimum Gasteiger partial charge on any atom is -0.462 e. The van der Waals surface area contributed by atoms with Crippen LogP contribution in [0.2, 0.25) is 0 Å². The number of ether oxygens (including phenoxy) is 5. The molecule has 0 aromatic heterocycles. The molecule has 2 fully saturated rings. The number of nitrogens with two attached hydrogens (primary N) is 1. The van der Waals surface area contributed by atoms with Crippen LogP contribution < -0.4 is 16.0 Å². The monoisotopic (exact) mass is 1220 g/mol. The van der Waals surface area contributed by atoms with Gasteiger partial charge in [0.2, 0.25) is 24.0 Å². The van der Waals surface area contributed by atoms with Crippen molar-refractivity contribution in [3.05, 3.63) is 59.7 Å². The van der Waals surface area contributed by atoms with Gasteiger partial charge in [-0.15, -0.1) is 0 Å². The highest BCUT2D eigenvalue weighted by Gasteiger charge is 2.44. The van der Waals surface area contributed by atoms with Gasteiger partial charge in [-0.2, -0.15) is 11.8 Å². The predicted molar refractivity (Wildman–Crippen MR) is 321 cm³/mol. The van der Waals surface area contributed by atoms with E-state index in [1.807, 2.05) is 71.9 Å². The fourth-order valence-electron chi connectivity index (χ4n) is 11.5. The Morgan fingerprint density at radius 1 is 0.847 bits per heavy atom. The minimum atomic E-state index is -1.65. The normalized spacial score (nSPS) is 21.2. The lowest BCUT2D eigenvalue weighted by Crippen LogP contribution is -2.54. The average Bonchev–Trinajstić information content (AvgIpc) is 3.31. The molecular formula is C62H97N5O17S. The number of ketones is 3. The number of amides is 4. The highest BCUT2D eigenvalue weighted by molar-refractivity contribution is 7.99. The summed E-state index contributed by atoms with van der Waals surface area (Å²) in [5, 5.41) is 44.9. The van der Waals surface area contributed by atoms with E-state index >= 15 is 0 Å². The molecule has 14 atom stereocenters. The highest BCUT2D eigenvalue weighted by Crippen LogP contribution is 2.34. The van der Waals surface area contributed by atoms with E-state index in [9.17, 15) is 54.0 Å². The molecule has 85 heavy (non-hydrogen) atoms. The van der Waals surface area contributed by atoms with Gasteiger partial charge in [-0.1, -0.05) is 92.1 Å². The van der Waals surface area contributed by atoms with Crippen LogP contribution in [0.15, 0.2) is 48.5 Å². The van der Waals surface area contributed by atoms with Crippen LogP contribution in [0.5, 0.6) is 5.75 Å². The second kappa shape index (κ2) is 35.7. The molecule has 478 valence electrons. The van der Waals surface area contributed by atoms with Gasteiger partial charge in [0.05, 0.1) is 55.2 Å². The van der Waals surface area contributed by atoms with Crippen molar-refractivity contribution in [1.82, 2.24) is 14.7 Å². The maximum absolute atomic E-state index is 14.9. The number of nitrogens with zero attached hydrogens (tertiary/aromatic N) is 3. The van der Waals surface area contributed by atoms with Gasteiger partial charge in [0.1, 0.15) is 43.1 Å². The Kier molecular flexibility index (Phi) is 30.4. The van der Waals surface area contributed by atoms with E-state index in [-0.39, 0.29) is 102 Å². The van der Waals surface area contributed by atoms with Gasteiger partial charge in [0, 0.05) is 77.2 Å². The zero-order valence-electron chi connectivity index (χ0n) is 51.9. The van der Waals surface area contributed by atoms with Crippen LogP contribution in [-0.2, 0) is 59.2 Å². The Balaban J connectivity index is 1.47. The molecule has 2 aromatic carbocycles.